The van der Waals surface area contributed by atoms with Gasteiger partial charge in [0.15, 0.2) is 0 Å². The van der Waals surface area contributed by atoms with E-state index >= 15 is 0 Å². The van der Waals surface area contributed by atoms with Crippen LogP contribution in [0.2, 0.25) is 0 Å². The SMILES string of the molecule is CNN(C)C(=O)C[C@@H]1C[C@@]2(CO2)[C@H](O)[C@@H](/C=C/C(C)=C/C[C@@H]2O[C@H](C)[C@H](NC(=O)C=CC(C)OC(C)=O)C[C@@H]2C)O1. The molecule has 3 fully saturated rings. The smallest absolute Gasteiger partial charge is 0.303 e. The summed E-state index contributed by atoms with van der Waals surface area (Å²) >= 11 is 0. The highest BCUT2D eigenvalue weighted by Gasteiger charge is 2.58. The van der Waals surface area contributed by atoms with E-state index in [1.165, 1.54) is 18.0 Å². The highest BCUT2D eigenvalue weighted by atomic mass is 16.6. The van der Waals surface area contributed by atoms with Crippen LogP contribution in [0.1, 0.15) is 60.3 Å². The molecule has 9 atom stereocenters. The summed E-state index contributed by atoms with van der Waals surface area (Å²) in [6, 6.07) is -0.123. The molecule has 0 aromatic carbocycles. The lowest BCUT2D eigenvalue weighted by Gasteiger charge is -2.39. The summed E-state index contributed by atoms with van der Waals surface area (Å²) in [4.78, 5) is 35.8. The van der Waals surface area contributed by atoms with Crippen molar-refractivity contribution in [1.29, 1.82) is 0 Å². The first-order chi connectivity index (χ1) is 19.3. The van der Waals surface area contributed by atoms with Crippen LogP contribution in [0, 0.1) is 5.92 Å². The first kappa shape index (κ1) is 32.9. The summed E-state index contributed by atoms with van der Waals surface area (Å²) in [5.74, 6) is -0.514. The summed E-state index contributed by atoms with van der Waals surface area (Å²) < 4.78 is 23.0. The number of hydrogen-bond donors (Lipinski definition) is 3. The molecule has 0 aromatic rings. The van der Waals surface area contributed by atoms with Crippen molar-refractivity contribution in [3.8, 4) is 0 Å². The van der Waals surface area contributed by atoms with Gasteiger partial charge in [0.05, 0.1) is 37.4 Å². The van der Waals surface area contributed by atoms with E-state index in [0.717, 1.165) is 12.0 Å². The van der Waals surface area contributed by atoms with Gasteiger partial charge in [0.2, 0.25) is 11.8 Å². The number of carbonyl (C=O) groups is 3. The van der Waals surface area contributed by atoms with Crippen LogP contribution in [0.3, 0.4) is 0 Å². The average molecular weight is 578 g/mol. The van der Waals surface area contributed by atoms with Crippen molar-refractivity contribution in [1.82, 2.24) is 15.8 Å². The van der Waals surface area contributed by atoms with Crippen molar-refractivity contribution in [2.75, 3.05) is 20.7 Å². The van der Waals surface area contributed by atoms with Gasteiger partial charge in [-0.1, -0.05) is 30.7 Å². The second kappa shape index (κ2) is 14.6. The normalized spacial score (nSPS) is 34.5. The maximum atomic E-state index is 12.4. The number of ether oxygens (including phenoxy) is 4. The van der Waals surface area contributed by atoms with Crippen molar-refractivity contribution in [3.05, 3.63) is 36.0 Å². The second-order valence-electron chi connectivity index (χ2n) is 11.5. The zero-order valence-electron chi connectivity index (χ0n) is 25.3. The van der Waals surface area contributed by atoms with Gasteiger partial charge in [0, 0.05) is 33.5 Å². The fourth-order valence-electron chi connectivity index (χ4n) is 5.34. The first-order valence-electron chi connectivity index (χ1n) is 14.4. The number of amides is 2. The summed E-state index contributed by atoms with van der Waals surface area (Å²) in [7, 11) is 3.35. The number of rotatable bonds is 11. The lowest BCUT2D eigenvalue weighted by atomic mass is 9.87. The minimum Gasteiger partial charge on any atom is -0.459 e. The number of aliphatic hydroxyl groups is 1. The molecule has 0 aromatic heterocycles. The number of carbonyl (C=O) groups excluding carboxylic acids is 3. The van der Waals surface area contributed by atoms with Crippen LogP contribution in [-0.4, -0.2) is 96.9 Å². The van der Waals surface area contributed by atoms with Gasteiger partial charge in [0.1, 0.15) is 23.9 Å². The molecule has 3 aliphatic rings. The molecule has 0 radical (unpaired) electrons. The Hall–Kier alpha value is -2.57. The third kappa shape index (κ3) is 9.47. The van der Waals surface area contributed by atoms with Crippen LogP contribution in [0.25, 0.3) is 0 Å². The third-order valence-electron chi connectivity index (χ3n) is 8.04. The maximum Gasteiger partial charge on any atom is 0.303 e. The lowest BCUT2D eigenvalue weighted by molar-refractivity contribution is -0.151. The standard InChI is InChI=1S/C30H47N3O8/c1-18(9-12-26-29(37)30(17-38-30)16-23(41-26)15-28(36)33(7)31-6)8-11-25-19(2)14-24(21(4)40-25)32-27(35)13-10-20(3)39-22(5)34/h8-10,12-13,19-21,23-26,29,31,37H,11,14-17H2,1-7H3,(H,32,35)/b12-9+,13-10?,18-8+/t19-,20?,21+,23+,24+,25-,26+,29+,30+/m0/s1. The highest BCUT2D eigenvalue weighted by molar-refractivity contribution is 5.87. The molecule has 3 rings (SSSR count). The molecule has 2 amide bonds. The van der Waals surface area contributed by atoms with Crippen LogP contribution in [-0.2, 0) is 33.3 Å². The molecule has 1 unspecified atom stereocenters. The lowest BCUT2D eigenvalue weighted by Crippen LogP contribution is -2.51. The monoisotopic (exact) mass is 577 g/mol. The minimum absolute atomic E-state index is 0.000227. The van der Waals surface area contributed by atoms with Gasteiger partial charge >= 0.3 is 5.97 Å². The van der Waals surface area contributed by atoms with E-state index in [1.54, 1.807) is 27.1 Å². The van der Waals surface area contributed by atoms with E-state index in [2.05, 4.69) is 23.7 Å². The Morgan fingerprint density at radius 3 is 2.54 bits per heavy atom. The van der Waals surface area contributed by atoms with Crippen molar-refractivity contribution < 1.29 is 38.4 Å². The summed E-state index contributed by atoms with van der Waals surface area (Å²) in [5.41, 5.74) is 3.17. The number of aliphatic hydroxyl groups excluding tert-OH is 1. The third-order valence-corrected chi connectivity index (χ3v) is 8.04. The Labute approximate surface area is 243 Å². The van der Waals surface area contributed by atoms with Gasteiger partial charge in [-0.2, -0.15) is 0 Å². The van der Waals surface area contributed by atoms with Crippen molar-refractivity contribution in [3.63, 3.8) is 0 Å². The van der Waals surface area contributed by atoms with Crippen molar-refractivity contribution in [2.24, 2.45) is 5.92 Å². The van der Waals surface area contributed by atoms with E-state index in [0.29, 0.717) is 19.4 Å². The molecule has 3 N–H and O–H groups in total. The Morgan fingerprint density at radius 2 is 1.90 bits per heavy atom. The highest BCUT2D eigenvalue weighted by Crippen LogP contribution is 2.43. The summed E-state index contributed by atoms with van der Waals surface area (Å²) in [6.07, 6.45) is 8.63. The largest absolute Gasteiger partial charge is 0.459 e. The zero-order chi connectivity index (χ0) is 30.3. The van der Waals surface area contributed by atoms with Gasteiger partial charge in [-0.3, -0.25) is 19.4 Å². The van der Waals surface area contributed by atoms with E-state index in [-0.39, 0.29) is 48.5 Å². The van der Waals surface area contributed by atoms with E-state index in [9.17, 15) is 19.5 Å². The van der Waals surface area contributed by atoms with Gasteiger partial charge in [-0.25, -0.2) is 5.43 Å². The van der Waals surface area contributed by atoms with Crippen LogP contribution in [0.5, 0.6) is 0 Å². The quantitative estimate of drug-likeness (QED) is 0.111. The number of nitrogens with zero attached hydrogens (tertiary/aromatic N) is 1. The molecule has 11 heteroatoms. The van der Waals surface area contributed by atoms with Crippen molar-refractivity contribution in [2.45, 2.75) is 109 Å². The topological polar surface area (TPSA) is 139 Å². The van der Waals surface area contributed by atoms with E-state index in [1.807, 2.05) is 26.0 Å². The molecule has 1 spiro atoms. The number of nitrogens with one attached hydrogen (secondary N) is 2. The van der Waals surface area contributed by atoms with Gasteiger partial charge in [-0.05, 0) is 45.6 Å². The number of allylic oxidation sites excluding steroid dienone is 2. The van der Waals surface area contributed by atoms with Crippen LogP contribution in [0.15, 0.2) is 36.0 Å². The molecule has 230 valence electrons. The molecule has 11 nitrogen and oxygen atoms in total. The predicted molar refractivity (Wildman–Crippen MR) is 152 cm³/mol. The number of epoxide rings is 1. The summed E-state index contributed by atoms with van der Waals surface area (Å²) in [6.45, 7) is 9.54. The van der Waals surface area contributed by atoms with Crippen LogP contribution >= 0.6 is 0 Å². The van der Waals surface area contributed by atoms with E-state index < -0.39 is 29.9 Å². The maximum absolute atomic E-state index is 12.4. The van der Waals surface area contributed by atoms with Gasteiger partial charge in [0.25, 0.3) is 0 Å². The molecule has 3 aliphatic heterocycles. The Kier molecular flexibility index (Phi) is 11.7. The Bertz CT molecular complexity index is 1020. The molecule has 0 saturated carbocycles. The molecule has 3 heterocycles. The Balaban J connectivity index is 1.51. The van der Waals surface area contributed by atoms with Crippen molar-refractivity contribution >= 4 is 17.8 Å². The predicted octanol–water partition coefficient (Wildman–Crippen LogP) is 1.96. The molecular formula is C30H47N3O8. The fourth-order valence-corrected chi connectivity index (χ4v) is 5.34. The van der Waals surface area contributed by atoms with Gasteiger partial charge < -0.3 is 29.4 Å². The molecule has 3 saturated heterocycles. The number of hydrazine groups is 1. The zero-order valence-corrected chi connectivity index (χ0v) is 25.3. The average Bonchev–Trinajstić information content (AvgIpc) is 3.68. The molecule has 41 heavy (non-hydrogen) atoms. The molecular weight excluding hydrogens is 530 g/mol. The van der Waals surface area contributed by atoms with Crippen LogP contribution in [0.4, 0.5) is 0 Å². The molecule has 0 bridgehead atoms. The first-order valence-corrected chi connectivity index (χ1v) is 14.4. The minimum atomic E-state index is -0.797. The van der Waals surface area contributed by atoms with Gasteiger partial charge in [-0.15, -0.1) is 0 Å². The fraction of sp³-hybridized carbons (Fsp3) is 0.700. The summed E-state index contributed by atoms with van der Waals surface area (Å²) in [5, 5.41) is 15.3. The van der Waals surface area contributed by atoms with Crippen LogP contribution < -0.4 is 10.7 Å². The Morgan fingerprint density at radius 1 is 1.20 bits per heavy atom. The van der Waals surface area contributed by atoms with E-state index in [4.69, 9.17) is 18.9 Å². The number of esters is 1. The number of hydrogen-bond acceptors (Lipinski definition) is 9. The second-order valence-corrected chi connectivity index (χ2v) is 11.5. The molecule has 0 aliphatic carbocycles.